The Kier molecular flexibility index (Phi) is 8.08. The number of halogens is 1. The second-order valence-electron chi connectivity index (χ2n) is 9.39. The second-order valence-corrected chi connectivity index (χ2v) is 9.39. The number of nitrogens with one attached hydrogen (secondary N) is 1. The van der Waals surface area contributed by atoms with Crippen molar-refractivity contribution >= 4 is 22.5 Å². The SMILES string of the molecule is CCCn1c(C)c(C)c2cc(C(=O)N3CCN(CCOC)CC3)cc(NCc3ccc(F)cc3)c21. The summed E-state index contributed by atoms with van der Waals surface area (Å²) in [6.07, 6.45) is 1.02. The standard InChI is InChI=1S/C28H37FN4O2/c1-5-10-33-21(3)20(2)25-17-23(28(34)32-13-11-31(12-14-32)15-16-35-4)18-26(27(25)33)30-19-22-6-8-24(29)9-7-22/h6-9,17-18,30H,5,10-16,19H2,1-4H3. The van der Waals surface area contributed by atoms with Crippen molar-refractivity contribution in [1.29, 1.82) is 0 Å². The van der Waals surface area contributed by atoms with Crippen LogP contribution >= 0.6 is 0 Å². The molecule has 0 unspecified atom stereocenters. The lowest BCUT2D eigenvalue weighted by Gasteiger charge is -2.34. The summed E-state index contributed by atoms with van der Waals surface area (Å²) in [5, 5.41) is 4.67. The van der Waals surface area contributed by atoms with Crippen LogP contribution in [0, 0.1) is 19.7 Å². The third-order valence-electron chi connectivity index (χ3n) is 7.09. The molecular weight excluding hydrogens is 443 g/mol. The van der Waals surface area contributed by atoms with Crippen LogP contribution in [-0.4, -0.2) is 66.7 Å². The molecule has 0 bridgehead atoms. The number of methoxy groups -OCH3 is 1. The van der Waals surface area contributed by atoms with Crippen LogP contribution in [0.4, 0.5) is 10.1 Å². The van der Waals surface area contributed by atoms with Crippen LogP contribution in [0.1, 0.15) is 40.5 Å². The van der Waals surface area contributed by atoms with Crippen LogP contribution in [0.3, 0.4) is 0 Å². The van der Waals surface area contributed by atoms with Crippen LogP contribution in [0.2, 0.25) is 0 Å². The monoisotopic (exact) mass is 480 g/mol. The summed E-state index contributed by atoms with van der Waals surface area (Å²) >= 11 is 0. The lowest BCUT2D eigenvalue weighted by Crippen LogP contribution is -2.49. The van der Waals surface area contributed by atoms with Crippen molar-refractivity contribution in [2.24, 2.45) is 0 Å². The lowest BCUT2D eigenvalue weighted by molar-refractivity contribution is 0.0594. The Labute approximate surface area is 207 Å². The van der Waals surface area contributed by atoms with Gasteiger partial charge in [-0.15, -0.1) is 0 Å². The molecule has 0 spiro atoms. The number of aryl methyl sites for hydroxylation is 2. The van der Waals surface area contributed by atoms with Gasteiger partial charge in [-0.1, -0.05) is 19.1 Å². The van der Waals surface area contributed by atoms with E-state index in [0.29, 0.717) is 31.8 Å². The molecule has 6 nitrogen and oxygen atoms in total. The molecule has 2 heterocycles. The van der Waals surface area contributed by atoms with Gasteiger partial charge in [0.25, 0.3) is 5.91 Å². The molecule has 4 rings (SSSR count). The summed E-state index contributed by atoms with van der Waals surface area (Å²) in [5.74, 6) is -0.169. The zero-order chi connectivity index (χ0) is 24.9. The van der Waals surface area contributed by atoms with Gasteiger partial charge in [0.2, 0.25) is 0 Å². The molecule has 1 amide bonds. The predicted molar refractivity (Wildman–Crippen MR) is 140 cm³/mol. The molecule has 1 aliphatic heterocycles. The van der Waals surface area contributed by atoms with E-state index in [1.165, 1.54) is 23.4 Å². The molecule has 0 radical (unpaired) electrons. The van der Waals surface area contributed by atoms with Gasteiger partial charge in [-0.25, -0.2) is 4.39 Å². The van der Waals surface area contributed by atoms with Gasteiger partial charge in [0, 0.05) is 69.6 Å². The van der Waals surface area contributed by atoms with Crippen LogP contribution < -0.4 is 5.32 Å². The zero-order valence-corrected chi connectivity index (χ0v) is 21.4. The van der Waals surface area contributed by atoms with Crippen molar-refractivity contribution in [1.82, 2.24) is 14.4 Å². The number of hydrogen-bond donors (Lipinski definition) is 1. The number of aromatic nitrogens is 1. The van der Waals surface area contributed by atoms with Gasteiger partial charge < -0.3 is 19.5 Å². The largest absolute Gasteiger partial charge is 0.383 e. The van der Waals surface area contributed by atoms with E-state index in [-0.39, 0.29) is 11.7 Å². The molecule has 0 atom stereocenters. The van der Waals surface area contributed by atoms with E-state index in [1.54, 1.807) is 19.2 Å². The highest BCUT2D eigenvalue weighted by Gasteiger charge is 2.24. The first-order chi connectivity index (χ1) is 16.9. The molecule has 7 heteroatoms. The van der Waals surface area contributed by atoms with Crippen molar-refractivity contribution in [2.45, 2.75) is 40.3 Å². The zero-order valence-electron chi connectivity index (χ0n) is 21.4. The van der Waals surface area contributed by atoms with Crippen LogP contribution in [0.25, 0.3) is 10.9 Å². The van der Waals surface area contributed by atoms with E-state index in [0.717, 1.165) is 54.8 Å². The molecule has 1 aliphatic rings. The number of fused-ring (bicyclic) bond motifs is 1. The molecule has 3 aromatic rings. The molecule has 1 N–H and O–H groups in total. The molecule has 35 heavy (non-hydrogen) atoms. The number of rotatable bonds is 9. The Morgan fingerprint density at radius 3 is 2.43 bits per heavy atom. The number of nitrogens with zero attached hydrogens (tertiary/aromatic N) is 3. The summed E-state index contributed by atoms with van der Waals surface area (Å²) in [4.78, 5) is 17.9. The summed E-state index contributed by atoms with van der Waals surface area (Å²) in [6, 6.07) is 10.6. The number of benzene rings is 2. The number of ether oxygens (including phenoxy) is 1. The maximum Gasteiger partial charge on any atom is 0.254 e. The Hall–Kier alpha value is -2.90. The van der Waals surface area contributed by atoms with Gasteiger partial charge in [-0.05, 0) is 55.7 Å². The first-order valence-electron chi connectivity index (χ1n) is 12.5. The number of carbonyl (C=O) groups is 1. The van der Waals surface area contributed by atoms with Crippen molar-refractivity contribution in [3.63, 3.8) is 0 Å². The van der Waals surface area contributed by atoms with E-state index in [2.05, 4.69) is 41.6 Å². The normalized spacial score (nSPS) is 14.6. The summed E-state index contributed by atoms with van der Waals surface area (Å²) in [7, 11) is 1.72. The van der Waals surface area contributed by atoms with Crippen LogP contribution in [0.5, 0.6) is 0 Å². The maximum atomic E-state index is 13.6. The minimum absolute atomic E-state index is 0.0726. The van der Waals surface area contributed by atoms with Crippen molar-refractivity contribution in [3.05, 3.63) is 64.6 Å². The van der Waals surface area contributed by atoms with Gasteiger partial charge in [0.05, 0.1) is 17.8 Å². The maximum absolute atomic E-state index is 13.6. The van der Waals surface area contributed by atoms with Crippen molar-refractivity contribution < 1.29 is 13.9 Å². The van der Waals surface area contributed by atoms with Crippen LogP contribution in [-0.2, 0) is 17.8 Å². The number of piperazine rings is 1. The van der Waals surface area contributed by atoms with Gasteiger partial charge in [0.15, 0.2) is 0 Å². The number of carbonyl (C=O) groups excluding carboxylic acids is 1. The predicted octanol–water partition coefficient (Wildman–Crippen LogP) is 4.82. The third kappa shape index (κ3) is 5.52. The van der Waals surface area contributed by atoms with Crippen molar-refractivity contribution in [3.8, 4) is 0 Å². The fourth-order valence-corrected chi connectivity index (χ4v) is 4.91. The van der Waals surface area contributed by atoms with E-state index in [9.17, 15) is 9.18 Å². The molecule has 188 valence electrons. The molecule has 0 saturated carbocycles. The number of anilines is 1. The van der Waals surface area contributed by atoms with Gasteiger partial charge in [0.1, 0.15) is 5.82 Å². The van der Waals surface area contributed by atoms with Gasteiger partial charge >= 0.3 is 0 Å². The molecule has 0 aliphatic carbocycles. The highest BCUT2D eigenvalue weighted by Crippen LogP contribution is 2.34. The smallest absolute Gasteiger partial charge is 0.254 e. The lowest BCUT2D eigenvalue weighted by atomic mass is 10.1. The third-order valence-corrected chi connectivity index (χ3v) is 7.09. The van der Waals surface area contributed by atoms with Gasteiger partial charge in [-0.3, -0.25) is 9.69 Å². The first-order valence-corrected chi connectivity index (χ1v) is 12.5. The highest BCUT2D eigenvalue weighted by atomic mass is 19.1. The average Bonchev–Trinajstić information content (AvgIpc) is 3.12. The number of hydrogen-bond acceptors (Lipinski definition) is 4. The average molecular weight is 481 g/mol. The van der Waals surface area contributed by atoms with E-state index in [1.807, 2.05) is 11.0 Å². The quantitative estimate of drug-likeness (QED) is 0.477. The Morgan fingerprint density at radius 2 is 1.77 bits per heavy atom. The van der Waals surface area contributed by atoms with Gasteiger partial charge in [-0.2, -0.15) is 0 Å². The Bertz CT molecular complexity index is 1160. The fraction of sp³-hybridized carbons (Fsp3) is 0.464. The second kappa shape index (κ2) is 11.2. The number of amides is 1. The fourth-order valence-electron chi connectivity index (χ4n) is 4.91. The van der Waals surface area contributed by atoms with E-state index in [4.69, 9.17) is 4.74 Å². The Morgan fingerprint density at radius 1 is 1.06 bits per heavy atom. The Balaban J connectivity index is 1.64. The molecular formula is C28H37FN4O2. The summed E-state index contributed by atoms with van der Waals surface area (Å²) in [6.45, 7) is 12.7. The highest BCUT2D eigenvalue weighted by molar-refractivity contribution is 6.04. The minimum atomic E-state index is -0.242. The summed E-state index contributed by atoms with van der Waals surface area (Å²) in [5.41, 5.74) is 6.20. The van der Waals surface area contributed by atoms with Crippen molar-refractivity contribution in [2.75, 3.05) is 51.8 Å². The minimum Gasteiger partial charge on any atom is -0.383 e. The van der Waals surface area contributed by atoms with Crippen LogP contribution in [0.15, 0.2) is 36.4 Å². The van der Waals surface area contributed by atoms with E-state index < -0.39 is 0 Å². The molecule has 1 aromatic heterocycles. The molecule has 2 aromatic carbocycles. The molecule has 1 fully saturated rings. The first kappa shape index (κ1) is 25.2. The molecule has 1 saturated heterocycles. The topological polar surface area (TPSA) is 49.7 Å². The van der Waals surface area contributed by atoms with E-state index >= 15 is 0 Å². The summed E-state index contributed by atoms with van der Waals surface area (Å²) < 4.78 is 20.9.